The third-order valence-electron chi connectivity index (χ3n) is 8.90. The van der Waals surface area contributed by atoms with Crippen molar-refractivity contribution in [3.8, 4) is 0 Å². The van der Waals surface area contributed by atoms with Gasteiger partial charge in [-0.1, -0.05) is 82.1 Å². The van der Waals surface area contributed by atoms with Crippen molar-refractivity contribution in [2.75, 3.05) is 24.6 Å². The number of carbonyl (C=O) groups excluding carboxylic acids is 3. The van der Waals surface area contributed by atoms with E-state index in [4.69, 9.17) is 16.3 Å². The number of aryl methyl sites for hydroxylation is 1. The van der Waals surface area contributed by atoms with Gasteiger partial charge < -0.3 is 24.5 Å². The van der Waals surface area contributed by atoms with E-state index >= 15 is 0 Å². The number of rotatable bonds is 11. The predicted octanol–water partition coefficient (Wildman–Crippen LogP) is 4.51. The summed E-state index contributed by atoms with van der Waals surface area (Å²) in [5, 5.41) is 10.6. The van der Waals surface area contributed by atoms with Gasteiger partial charge in [0.1, 0.15) is 11.6 Å². The summed E-state index contributed by atoms with van der Waals surface area (Å²) in [6.07, 6.45) is 3.02. The Morgan fingerprint density at radius 1 is 1.16 bits per heavy atom. The Balaban J connectivity index is 1.59. The molecule has 8 nitrogen and oxygen atoms in total. The maximum Gasteiger partial charge on any atom is 0.253 e. The lowest BCUT2D eigenvalue weighted by molar-refractivity contribution is -0.147. The summed E-state index contributed by atoms with van der Waals surface area (Å²) in [4.78, 5) is 47.9. The number of hydrogen-bond donors (Lipinski definition) is 1. The van der Waals surface area contributed by atoms with Gasteiger partial charge >= 0.3 is 0 Å². The molecule has 3 aliphatic rings. The van der Waals surface area contributed by atoms with Gasteiger partial charge in [-0.05, 0) is 37.5 Å². The molecule has 3 amide bonds. The maximum atomic E-state index is 14.7. The first kappa shape index (κ1) is 31.4. The summed E-state index contributed by atoms with van der Waals surface area (Å²) in [6.45, 7) is 11.7. The number of amides is 3. The van der Waals surface area contributed by atoms with Gasteiger partial charge in [0.25, 0.3) is 5.91 Å². The summed E-state index contributed by atoms with van der Waals surface area (Å²) < 4.78 is 6.69. The van der Waals surface area contributed by atoms with Gasteiger partial charge in [0.2, 0.25) is 11.8 Å². The Morgan fingerprint density at radius 2 is 1.86 bits per heavy atom. The summed E-state index contributed by atoms with van der Waals surface area (Å²) in [7, 11) is 0. The molecule has 0 aromatic heterocycles. The molecule has 0 aliphatic carbocycles. The highest BCUT2D eigenvalue weighted by Crippen LogP contribution is 2.61. The van der Waals surface area contributed by atoms with Gasteiger partial charge in [0.05, 0.1) is 41.3 Å². The molecule has 7 atom stereocenters. The number of anilines is 1. The van der Waals surface area contributed by atoms with Crippen molar-refractivity contribution in [3.63, 3.8) is 0 Å². The monoisotopic (exact) mass is 669 g/mol. The van der Waals surface area contributed by atoms with Crippen molar-refractivity contribution in [1.82, 2.24) is 9.80 Å². The third-order valence-corrected chi connectivity index (χ3v) is 10.0. The van der Waals surface area contributed by atoms with Crippen molar-refractivity contribution in [3.05, 3.63) is 90.0 Å². The van der Waals surface area contributed by atoms with Crippen LogP contribution in [0.5, 0.6) is 0 Å². The van der Waals surface area contributed by atoms with Crippen LogP contribution < -0.4 is 4.90 Å². The molecule has 5 rings (SSSR count). The average Bonchev–Trinajstić information content (AvgIpc) is 3.59. The molecule has 3 fully saturated rings. The maximum absolute atomic E-state index is 14.7. The summed E-state index contributed by atoms with van der Waals surface area (Å²) >= 11 is 10.4. The molecule has 3 heterocycles. The highest BCUT2D eigenvalue weighted by atomic mass is 79.9. The zero-order valence-corrected chi connectivity index (χ0v) is 26.7. The van der Waals surface area contributed by atoms with E-state index in [9.17, 15) is 19.5 Å². The van der Waals surface area contributed by atoms with Crippen molar-refractivity contribution in [2.24, 2.45) is 11.8 Å². The van der Waals surface area contributed by atoms with Crippen molar-refractivity contribution >= 4 is 50.9 Å². The zero-order chi connectivity index (χ0) is 31.1. The van der Waals surface area contributed by atoms with Crippen LogP contribution in [-0.4, -0.2) is 80.9 Å². The van der Waals surface area contributed by atoms with Crippen LogP contribution in [0.3, 0.4) is 0 Å². The lowest BCUT2D eigenvalue weighted by Gasteiger charge is -2.39. The number of nitrogens with zero attached hydrogens (tertiary/aromatic N) is 3. The molecule has 0 radical (unpaired) electrons. The van der Waals surface area contributed by atoms with Gasteiger partial charge in [-0.3, -0.25) is 14.4 Å². The van der Waals surface area contributed by atoms with E-state index in [1.54, 1.807) is 30.0 Å². The van der Waals surface area contributed by atoms with Crippen molar-refractivity contribution in [2.45, 2.75) is 55.4 Å². The number of fused-ring (bicyclic) bond motifs is 1. The average molecular weight is 671 g/mol. The van der Waals surface area contributed by atoms with E-state index in [0.29, 0.717) is 23.7 Å². The first-order chi connectivity index (χ1) is 20.6. The molecule has 2 aromatic rings. The molecule has 2 bridgehead atoms. The van der Waals surface area contributed by atoms with E-state index in [-0.39, 0.29) is 36.3 Å². The number of para-hydroxylation sites is 1. The van der Waals surface area contributed by atoms with Crippen molar-refractivity contribution in [1.29, 1.82) is 0 Å². The number of aliphatic hydroxyl groups excluding tert-OH is 1. The first-order valence-electron chi connectivity index (χ1n) is 14.5. The Labute approximate surface area is 266 Å². The van der Waals surface area contributed by atoms with E-state index < -0.39 is 41.5 Å². The largest absolute Gasteiger partial charge is 0.394 e. The fraction of sp³-hybridized carbons (Fsp3) is 0.424. The van der Waals surface area contributed by atoms with Gasteiger partial charge in [-0.15, -0.1) is 13.2 Å². The molecule has 10 heteroatoms. The second kappa shape index (κ2) is 12.6. The highest BCUT2D eigenvalue weighted by molar-refractivity contribution is 9.09. The van der Waals surface area contributed by atoms with E-state index in [1.807, 2.05) is 49.4 Å². The number of benzene rings is 2. The van der Waals surface area contributed by atoms with Crippen LogP contribution in [0, 0.1) is 18.8 Å². The number of hydrogen-bond acceptors (Lipinski definition) is 5. The number of halogens is 2. The summed E-state index contributed by atoms with van der Waals surface area (Å²) in [5.41, 5.74) is 0.974. The van der Waals surface area contributed by atoms with Gasteiger partial charge in [-0.25, -0.2) is 0 Å². The fourth-order valence-electron chi connectivity index (χ4n) is 7.13. The molecular formula is C33H37BrClN3O5. The fourth-order valence-corrected chi connectivity index (χ4v) is 8.39. The van der Waals surface area contributed by atoms with Crippen LogP contribution in [0.2, 0.25) is 5.02 Å². The molecular weight excluding hydrogens is 634 g/mol. The van der Waals surface area contributed by atoms with Gasteiger partial charge in [-0.2, -0.15) is 0 Å². The van der Waals surface area contributed by atoms with Crippen LogP contribution >= 0.6 is 27.5 Å². The number of aliphatic hydroxyl groups is 1. The van der Waals surface area contributed by atoms with E-state index in [2.05, 4.69) is 29.1 Å². The van der Waals surface area contributed by atoms with E-state index in [1.165, 1.54) is 9.80 Å². The standard InChI is InChI=1S/C33H37BrClN3O5/c1-5-15-36(18-22-12-8-7-9-13-22)30(40)25-26-31(41)38(21(4)19-39)29(33(26)17-23(34)28(25)43-33)32(42)37(16-6-2)27-20(3)11-10-14-24(27)35/h5-14,21,23,25-26,28-29,39H,1-2,15-19H2,3-4H3/t21-,23?,25-,26+,28-,29?,33?/m1/s1. The number of carbonyl (C=O) groups is 3. The second-order valence-corrected chi connectivity index (χ2v) is 13.2. The molecule has 43 heavy (non-hydrogen) atoms. The topological polar surface area (TPSA) is 90.4 Å². The Kier molecular flexibility index (Phi) is 9.18. The molecule has 3 unspecified atom stereocenters. The molecule has 0 saturated carbocycles. The SMILES string of the molecule is C=CCN(Cc1ccccc1)C(=O)[C@H]1[C@@H]2OC3(CC2Br)C(C(=O)N(CC=C)c2c(C)cccc2Cl)N([C@H](C)CO)C(=O)[C@H]13. The van der Waals surface area contributed by atoms with Crippen LogP contribution in [0.4, 0.5) is 5.69 Å². The number of ether oxygens (including phenoxy) is 1. The smallest absolute Gasteiger partial charge is 0.253 e. The van der Waals surface area contributed by atoms with Crippen molar-refractivity contribution < 1.29 is 24.2 Å². The minimum atomic E-state index is -1.28. The Bertz CT molecular complexity index is 1400. The molecule has 228 valence electrons. The molecule has 3 aliphatic heterocycles. The van der Waals surface area contributed by atoms with Crippen LogP contribution in [0.1, 0.15) is 24.5 Å². The summed E-state index contributed by atoms with van der Waals surface area (Å²) in [6, 6.07) is 13.2. The number of alkyl halides is 1. The summed E-state index contributed by atoms with van der Waals surface area (Å²) in [5.74, 6) is -2.72. The Hall–Kier alpha value is -2.98. The van der Waals surface area contributed by atoms with Crippen LogP contribution in [0.25, 0.3) is 0 Å². The minimum Gasteiger partial charge on any atom is -0.394 e. The minimum absolute atomic E-state index is 0.143. The van der Waals surface area contributed by atoms with E-state index in [0.717, 1.165) is 11.1 Å². The van der Waals surface area contributed by atoms with Gasteiger partial charge in [0.15, 0.2) is 0 Å². The predicted molar refractivity (Wildman–Crippen MR) is 170 cm³/mol. The normalized spacial score (nSPS) is 28.0. The molecule has 2 aromatic carbocycles. The Morgan fingerprint density at radius 3 is 2.49 bits per heavy atom. The lowest BCUT2D eigenvalue weighted by atomic mass is 9.70. The first-order valence-corrected chi connectivity index (χ1v) is 15.8. The number of likely N-dealkylation sites (tertiary alicyclic amines) is 1. The van der Waals surface area contributed by atoms with Crippen LogP contribution in [-0.2, 0) is 25.7 Å². The molecule has 3 saturated heterocycles. The second-order valence-electron chi connectivity index (χ2n) is 11.6. The molecule has 1 N–H and O–H groups in total. The quantitative estimate of drug-likeness (QED) is 0.281. The lowest BCUT2D eigenvalue weighted by Crippen LogP contribution is -2.59. The van der Waals surface area contributed by atoms with Gasteiger partial charge in [0, 0.05) is 24.5 Å². The third kappa shape index (κ3) is 5.24. The van der Waals surface area contributed by atoms with Crippen LogP contribution in [0.15, 0.2) is 73.8 Å². The highest BCUT2D eigenvalue weighted by Gasteiger charge is 2.77. The zero-order valence-electron chi connectivity index (χ0n) is 24.4. The molecule has 1 spiro atoms.